The molecule has 6 nitrogen and oxygen atoms in total. The number of benzene rings is 1. The molecule has 1 aromatic rings. The van der Waals surface area contributed by atoms with Crippen molar-refractivity contribution in [2.45, 2.75) is 32.5 Å². The van der Waals surface area contributed by atoms with E-state index in [1.54, 1.807) is 38.1 Å². The molecule has 1 unspecified atom stereocenters. The molecule has 2 rings (SSSR count). The number of aliphatic hydroxyl groups is 2. The highest BCUT2D eigenvalue weighted by atomic mass is 16.3. The maximum atomic E-state index is 12.4. The zero-order valence-electron chi connectivity index (χ0n) is 14.3. The number of hydrogen-bond donors (Lipinski definition) is 4. The van der Waals surface area contributed by atoms with Crippen molar-refractivity contribution in [3.8, 4) is 5.75 Å². The fourth-order valence-electron chi connectivity index (χ4n) is 2.59. The maximum absolute atomic E-state index is 12.4. The zero-order valence-corrected chi connectivity index (χ0v) is 14.3. The largest absolute Gasteiger partial charge is 0.507 e. The summed E-state index contributed by atoms with van der Waals surface area (Å²) >= 11 is 0. The summed E-state index contributed by atoms with van der Waals surface area (Å²) in [4.78, 5) is 24.3. The Kier molecular flexibility index (Phi) is 6.12. The number of aromatic hydroxyl groups is 1. The molecule has 0 spiro atoms. The number of hydrogen-bond acceptors (Lipinski definition) is 5. The number of aliphatic hydroxyl groups excluding tert-OH is 2. The van der Waals surface area contributed by atoms with E-state index >= 15 is 0 Å². The van der Waals surface area contributed by atoms with Crippen LogP contribution in [0.5, 0.6) is 5.75 Å². The van der Waals surface area contributed by atoms with E-state index in [-0.39, 0.29) is 30.2 Å². The van der Waals surface area contributed by atoms with E-state index in [0.717, 1.165) is 5.56 Å². The van der Waals surface area contributed by atoms with Crippen LogP contribution < -0.4 is 5.32 Å². The SMILES string of the molecule is Cc1cc(O)c2c(c1)/C=C/C[C@H](O)C(O)C(=O)C=C[C@@H](C)CNC2=O. The first-order valence-electron chi connectivity index (χ1n) is 8.16. The quantitative estimate of drug-likeness (QED) is 0.567. The van der Waals surface area contributed by atoms with Crippen LogP contribution in [0.4, 0.5) is 0 Å². The lowest BCUT2D eigenvalue weighted by Crippen LogP contribution is -2.33. The van der Waals surface area contributed by atoms with Gasteiger partial charge in [-0.2, -0.15) is 0 Å². The summed E-state index contributed by atoms with van der Waals surface area (Å²) in [5.74, 6) is -1.28. The molecule has 1 heterocycles. The van der Waals surface area contributed by atoms with Crippen LogP contribution in [0.1, 0.15) is 34.8 Å². The first-order chi connectivity index (χ1) is 11.8. The van der Waals surface area contributed by atoms with Gasteiger partial charge >= 0.3 is 0 Å². The monoisotopic (exact) mass is 345 g/mol. The zero-order chi connectivity index (χ0) is 18.6. The normalized spacial score (nSPS) is 26.5. The molecule has 1 amide bonds. The van der Waals surface area contributed by atoms with Gasteiger partial charge in [-0.1, -0.05) is 31.2 Å². The minimum atomic E-state index is -1.50. The summed E-state index contributed by atoms with van der Waals surface area (Å²) in [6, 6.07) is 3.25. The summed E-state index contributed by atoms with van der Waals surface area (Å²) in [7, 11) is 0. The molecule has 0 saturated carbocycles. The van der Waals surface area contributed by atoms with Gasteiger partial charge in [0.25, 0.3) is 5.91 Å². The van der Waals surface area contributed by atoms with Crippen LogP contribution in [0.15, 0.2) is 30.4 Å². The third-order valence-electron chi connectivity index (χ3n) is 4.02. The minimum Gasteiger partial charge on any atom is -0.507 e. The van der Waals surface area contributed by atoms with Gasteiger partial charge in [-0.15, -0.1) is 0 Å². The third kappa shape index (κ3) is 4.78. The molecule has 0 aromatic heterocycles. The number of nitrogens with one attached hydrogen (secondary N) is 1. The molecular weight excluding hydrogens is 322 g/mol. The molecule has 0 aliphatic carbocycles. The van der Waals surface area contributed by atoms with E-state index in [2.05, 4.69) is 5.32 Å². The average Bonchev–Trinajstić information content (AvgIpc) is 2.55. The van der Waals surface area contributed by atoms with Crippen LogP contribution in [-0.2, 0) is 4.79 Å². The lowest BCUT2D eigenvalue weighted by Gasteiger charge is -2.16. The third-order valence-corrected chi connectivity index (χ3v) is 4.02. The molecule has 25 heavy (non-hydrogen) atoms. The number of phenols is 1. The molecule has 6 heteroatoms. The second-order valence-corrected chi connectivity index (χ2v) is 6.35. The number of aryl methyl sites for hydroxylation is 1. The van der Waals surface area contributed by atoms with Gasteiger partial charge in [0.1, 0.15) is 11.9 Å². The van der Waals surface area contributed by atoms with E-state index in [1.807, 2.05) is 0 Å². The van der Waals surface area contributed by atoms with E-state index in [1.165, 1.54) is 12.1 Å². The van der Waals surface area contributed by atoms with E-state index in [4.69, 9.17) is 0 Å². The Balaban J connectivity index is 2.42. The fraction of sp³-hybridized carbons (Fsp3) is 0.368. The first-order valence-corrected chi connectivity index (χ1v) is 8.16. The molecular formula is C19H23NO5. The van der Waals surface area contributed by atoms with Crippen LogP contribution in [0.3, 0.4) is 0 Å². The first kappa shape index (κ1) is 18.9. The van der Waals surface area contributed by atoms with Crippen molar-refractivity contribution in [2.75, 3.05) is 6.54 Å². The highest BCUT2D eigenvalue weighted by Crippen LogP contribution is 2.25. The lowest BCUT2D eigenvalue weighted by molar-refractivity contribution is -0.127. The summed E-state index contributed by atoms with van der Waals surface area (Å²) in [6.07, 6.45) is 3.22. The van der Waals surface area contributed by atoms with E-state index in [9.17, 15) is 24.9 Å². The summed E-state index contributed by atoms with van der Waals surface area (Å²) < 4.78 is 0. The molecule has 1 aliphatic heterocycles. The summed E-state index contributed by atoms with van der Waals surface area (Å²) in [6.45, 7) is 3.85. The Labute approximate surface area is 146 Å². The van der Waals surface area contributed by atoms with Gasteiger partial charge in [0.05, 0.1) is 11.7 Å². The summed E-state index contributed by atoms with van der Waals surface area (Å²) in [5, 5.41) is 32.7. The van der Waals surface area contributed by atoms with Gasteiger partial charge in [0.15, 0.2) is 5.78 Å². The van der Waals surface area contributed by atoms with Crippen molar-refractivity contribution in [1.82, 2.24) is 5.32 Å². The molecule has 0 radical (unpaired) electrons. The van der Waals surface area contributed by atoms with Gasteiger partial charge < -0.3 is 20.6 Å². The van der Waals surface area contributed by atoms with Gasteiger partial charge in [0, 0.05) is 6.54 Å². The number of amides is 1. The minimum absolute atomic E-state index is 0.0338. The van der Waals surface area contributed by atoms with Crippen molar-refractivity contribution in [2.24, 2.45) is 5.92 Å². The van der Waals surface area contributed by atoms with Crippen molar-refractivity contribution < 1.29 is 24.9 Å². The van der Waals surface area contributed by atoms with Crippen LogP contribution >= 0.6 is 0 Å². The second-order valence-electron chi connectivity index (χ2n) is 6.35. The fourth-order valence-corrected chi connectivity index (χ4v) is 2.59. The Hall–Kier alpha value is -2.44. The Bertz CT molecular complexity index is 723. The van der Waals surface area contributed by atoms with Gasteiger partial charge in [-0.3, -0.25) is 9.59 Å². The highest BCUT2D eigenvalue weighted by molar-refractivity contribution is 6.00. The highest BCUT2D eigenvalue weighted by Gasteiger charge is 2.22. The standard InChI is InChI=1S/C19H23NO5/c1-11-6-7-15(22)18(24)14(21)5-3-4-13-8-12(2)9-16(23)17(13)19(25)20-10-11/h3-4,6-9,11,14,18,21,23-24H,5,10H2,1-2H3,(H,20,25)/b4-3+,7-6?/t11-,14+,18?/m1/s1. The smallest absolute Gasteiger partial charge is 0.255 e. The number of carbonyl (C=O) groups excluding carboxylic acids is 2. The molecule has 3 atom stereocenters. The number of rotatable bonds is 0. The second kappa shape index (κ2) is 8.09. The molecule has 4 N–H and O–H groups in total. The Morgan fingerprint density at radius 3 is 2.60 bits per heavy atom. The molecule has 134 valence electrons. The van der Waals surface area contributed by atoms with Crippen molar-refractivity contribution >= 4 is 17.8 Å². The maximum Gasteiger partial charge on any atom is 0.255 e. The summed E-state index contributed by atoms with van der Waals surface area (Å²) in [5.41, 5.74) is 1.44. The Morgan fingerprint density at radius 1 is 1.16 bits per heavy atom. The molecule has 0 fully saturated rings. The van der Waals surface area contributed by atoms with Crippen LogP contribution in [0, 0.1) is 12.8 Å². The van der Waals surface area contributed by atoms with Gasteiger partial charge in [0.2, 0.25) is 0 Å². The van der Waals surface area contributed by atoms with Gasteiger partial charge in [-0.05, 0) is 42.5 Å². The number of carbonyl (C=O) groups is 2. The molecule has 1 aromatic carbocycles. The van der Waals surface area contributed by atoms with Crippen LogP contribution in [0.2, 0.25) is 0 Å². The predicted octanol–water partition coefficient (Wildman–Crippen LogP) is 1.33. The molecule has 0 bridgehead atoms. The van der Waals surface area contributed by atoms with Crippen LogP contribution in [0.25, 0.3) is 6.08 Å². The predicted molar refractivity (Wildman–Crippen MR) is 94.2 cm³/mol. The average molecular weight is 345 g/mol. The molecule has 1 aliphatic rings. The van der Waals surface area contributed by atoms with Crippen molar-refractivity contribution in [3.05, 3.63) is 47.1 Å². The van der Waals surface area contributed by atoms with Crippen LogP contribution in [-0.4, -0.2) is 45.8 Å². The number of fused-ring (bicyclic) bond motifs is 1. The van der Waals surface area contributed by atoms with Gasteiger partial charge in [-0.25, -0.2) is 0 Å². The van der Waals surface area contributed by atoms with Crippen molar-refractivity contribution in [1.29, 1.82) is 0 Å². The number of ketones is 1. The Morgan fingerprint density at radius 2 is 1.88 bits per heavy atom. The van der Waals surface area contributed by atoms with Crippen molar-refractivity contribution in [3.63, 3.8) is 0 Å². The number of phenolic OH excluding ortho intramolecular Hbond substituents is 1. The van der Waals surface area contributed by atoms with E-state index in [0.29, 0.717) is 5.56 Å². The molecule has 0 saturated heterocycles. The topological polar surface area (TPSA) is 107 Å². The lowest BCUT2D eigenvalue weighted by atomic mass is 9.99. The van der Waals surface area contributed by atoms with E-state index < -0.39 is 23.9 Å².